The highest BCUT2D eigenvalue weighted by atomic mass is 35.5. The second kappa shape index (κ2) is 3.05. The van der Waals surface area contributed by atoms with Crippen molar-refractivity contribution in [3.8, 4) is 0 Å². The Labute approximate surface area is 80.7 Å². The van der Waals surface area contributed by atoms with Gasteiger partial charge in [-0.15, -0.1) is 0 Å². The molecule has 0 aliphatic rings. The van der Waals surface area contributed by atoms with E-state index in [9.17, 15) is 0 Å². The summed E-state index contributed by atoms with van der Waals surface area (Å²) in [6, 6.07) is 3.55. The molecule has 0 amide bonds. The molecule has 0 atom stereocenters. The average molecular weight is 197 g/mol. The largest absolute Gasteiger partial charge is 0.464 e. The summed E-state index contributed by atoms with van der Waals surface area (Å²) in [5, 5.41) is 10.6. The predicted molar refractivity (Wildman–Crippen MR) is 51.9 cm³/mol. The number of aryl methyl sites for hydroxylation is 1. The van der Waals surface area contributed by atoms with E-state index in [2.05, 4.69) is 0 Å². The number of hydrogen-bond donors (Lipinski definition) is 1. The van der Waals surface area contributed by atoms with Crippen molar-refractivity contribution >= 4 is 22.6 Å². The topological polar surface area (TPSA) is 33.4 Å². The van der Waals surface area contributed by atoms with Crippen molar-refractivity contribution in [1.82, 2.24) is 0 Å². The number of furan rings is 1. The van der Waals surface area contributed by atoms with Gasteiger partial charge in [0.2, 0.25) is 0 Å². The Morgan fingerprint density at radius 1 is 1.46 bits per heavy atom. The number of fused-ring (bicyclic) bond motifs is 1. The van der Waals surface area contributed by atoms with E-state index in [1.165, 1.54) is 0 Å². The van der Waals surface area contributed by atoms with E-state index >= 15 is 0 Å². The third-order valence-electron chi connectivity index (χ3n) is 2.11. The first-order valence-electron chi connectivity index (χ1n) is 4.00. The van der Waals surface area contributed by atoms with Gasteiger partial charge in [-0.1, -0.05) is 17.7 Å². The molecule has 1 aromatic heterocycles. The fourth-order valence-electron chi connectivity index (χ4n) is 1.43. The highest BCUT2D eigenvalue weighted by Gasteiger charge is 2.09. The van der Waals surface area contributed by atoms with Crippen LogP contribution in [0.4, 0.5) is 0 Å². The molecule has 2 nitrogen and oxygen atoms in total. The van der Waals surface area contributed by atoms with Gasteiger partial charge < -0.3 is 9.52 Å². The molecule has 0 saturated carbocycles. The van der Waals surface area contributed by atoms with Crippen molar-refractivity contribution < 1.29 is 9.52 Å². The molecule has 1 aromatic carbocycles. The normalized spacial score (nSPS) is 11.0. The van der Waals surface area contributed by atoms with Gasteiger partial charge in [0, 0.05) is 10.9 Å². The zero-order valence-electron chi connectivity index (χ0n) is 7.17. The summed E-state index contributed by atoms with van der Waals surface area (Å²) in [6.45, 7) is 1.90. The van der Waals surface area contributed by atoms with Crippen LogP contribution in [0.15, 0.2) is 22.8 Å². The SMILES string of the molecule is Cc1coc2c(CO)ccc(Cl)c12. The molecule has 0 aliphatic carbocycles. The number of hydrogen-bond acceptors (Lipinski definition) is 2. The van der Waals surface area contributed by atoms with Gasteiger partial charge in [0.25, 0.3) is 0 Å². The molecule has 1 N–H and O–H groups in total. The molecule has 0 spiro atoms. The zero-order valence-corrected chi connectivity index (χ0v) is 7.93. The lowest BCUT2D eigenvalue weighted by Gasteiger charge is -1.99. The van der Waals surface area contributed by atoms with Crippen molar-refractivity contribution in [3.63, 3.8) is 0 Å². The Kier molecular flexibility index (Phi) is 2.02. The summed E-state index contributed by atoms with van der Waals surface area (Å²) in [4.78, 5) is 0. The fourth-order valence-corrected chi connectivity index (χ4v) is 1.73. The van der Waals surface area contributed by atoms with Gasteiger partial charge >= 0.3 is 0 Å². The summed E-state index contributed by atoms with van der Waals surface area (Å²) in [5.41, 5.74) is 2.45. The fraction of sp³-hybridized carbons (Fsp3) is 0.200. The van der Waals surface area contributed by atoms with Crippen LogP contribution in [0.5, 0.6) is 0 Å². The first kappa shape index (κ1) is 8.60. The standard InChI is InChI=1S/C10H9ClO2/c1-6-5-13-10-7(4-12)2-3-8(11)9(6)10/h2-3,5,12H,4H2,1H3. The molecule has 1 heterocycles. The lowest BCUT2D eigenvalue weighted by Crippen LogP contribution is -1.83. The zero-order chi connectivity index (χ0) is 9.42. The molecule has 0 bridgehead atoms. The van der Waals surface area contributed by atoms with Crippen LogP contribution in [0.25, 0.3) is 11.0 Å². The van der Waals surface area contributed by atoms with Crippen LogP contribution in [-0.4, -0.2) is 5.11 Å². The van der Waals surface area contributed by atoms with Crippen molar-refractivity contribution in [1.29, 1.82) is 0 Å². The lowest BCUT2D eigenvalue weighted by molar-refractivity contribution is 0.281. The Morgan fingerprint density at radius 3 is 2.92 bits per heavy atom. The van der Waals surface area contributed by atoms with Crippen LogP contribution in [0.3, 0.4) is 0 Å². The summed E-state index contributed by atoms with van der Waals surface area (Å²) < 4.78 is 5.31. The minimum absolute atomic E-state index is 0.0272. The van der Waals surface area contributed by atoms with E-state index in [1.807, 2.05) is 6.92 Å². The number of aliphatic hydroxyl groups is 1. The molecule has 0 saturated heterocycles. The Bertz CT molecular complexity index is 445. The summed E-state index contributed by atoms with van der Waals surface area (Å²) >= 11 is 5.99. The molecular formula is C10H9ClO2. The van der Waals surface area contributed by atoms with E-state index in [0.717, 1.165) is 16.5 Å². The van der Waals surface area contributed by atoms with Crippen LogP contribution in [0, 0.1) is 6.92 Å². The number of aliphatic hydroxyl groups excluding tert-OH is 1. The van der Waals surface area contributed by atoms with Gasteiger partial charge in [0.1, 0.15) is 5.58 Å². The maximum absolute atomic E-state index is 9.03. The van der Waals surface area contributed by atoms with Gasteiger partial charge in [-0.2, -0.15) is 0 Å². The van der Waals surface area contributed by atoms with Crippen LogP contribution >= 0.6 is 11.6 Å². The van der Waals surface area contributed by atoms with Gasteiger partial charge in [-0.25, -0.2) is 0 Å². The van der Waals surface area contributed by atoms with Crippen LogP contribution in [0.2, 0.25) is 5.02 Å². The first-order chi connectivity index (χ1) is 6.24. The lowest BCUT2D eigenvalue weighted by atomic mass is 10.1. The van der Waals surface area contributed by atoms with Gasteiger partial charge in [-0.05, 0) is 18.6 Å². The van der Waals surface area contributed by atoms with E-state index in [-0.39, 0.29) is 6.61 Å². The monoisotopic (exact) mass is 196 g/mol. The van der Waals surface area contributed by atoms with Crippen LogP contribution < -0.4 is 0 Å². The van der Waals surface area contributed by atoms with E-state index in [4.69, 9.17) is 21.1 Å². The maximum atomic E-state index is 9.03. The van der Waals surface area contributed by atoms with Gasteiger partial charge in [0.15, 0.2) is 0 Å². The van der Waals surface area contributed by atoms with Crippen molar-refractivity contribution in [2.75, 3.05) is 0 Å². The predicted octanol–water partition coefficient (Wildman–Crippen LogP) is 2.89. The molecule has 2 aromatic rings. The minimum Gasteiger partial charge on any atom is -0.464 e. The molecule has 2 rings (SSSR count). The van der Waals surface area contributed by atoms with Crippen LogP contribution in [-0.2, 0) is 6.61 Å². The average Bonchev–Trinajstić information content (AvgIpc) is 2.50. The Hall–Kier alpha value is -0.990. The third-order valence-corrected chi connectivity index (χ3v) is 2.42. The number of halogens is 1. The molecule has 0 fully saturated rings. The molecule has 68 valence electrons. The number of benzene rings is 1. The summed E-state index contributed by atoms with van der Waals surface area (Å²) in [6.07, 6.45) is 1.65. The molecule has 0 radical (unpaired) electrons. The van der Waals surface area contributed by atoms with Crippen LogP contribution in [0.1, 0.15) is 11.1 Å². The smallest absolute Gasteiger partial charge is 0.141 e. The number of rotatable bonds is 1. The van der Waals surface area contributed by atoms with E-state index in [1.54, 1.807) is 18.4 Å². The Morgan fingerprint density at radius 2 is 2.23 bits per heavy atom. The molecule has 3 heteroatoms. The third kappa shape index (κ3) is 1.23. The quantitative estimate of drug-likeness (QED) is 0.761. The van der Waals surface area contributed by atoms with Gasteiger partial charge in [-0.3, -0.25) is 0 Å². The molecule has 0 aliphatic heterocycles. The summed E-state index contributed by atoms with van der Waals surface area (Å²) in [5.74, 6) is 0. The van der Waals surface area contributed by atoms with Crippen molar-refractivity contribution in [2.24, 2.45) is 0 Å². The second-order valence-electron chi connectivity index (χ2n) is 2.99. The Balaban J connectivity index is 2.87. The maximum Gasteiger partial charge on any atom is 0.141 e. The highest BCUT2D eigenvalue weighted by molar-refractivity contribution is 6.35. The molecular weight excluding hydrogens is 188 g/mol. The highest BCUT2D eigenvalue weighted by Crippen LogP contribution is 2.30. The second-order valence-corrected chi connectivity index (χ2v) is 3.39. The molecule has 13 heavy (non-hydrogen) atoms. The van der Waals surface area contributed by atoms with E-state index in [0.29, 0.717) is 10.6 Å². The molecule has 0 unspecified atom stereocenters. The van der Waals surface area contributed by atoms with Gasteiger partial charge in [0.05, 0.1) is 17.9 Å². The summed E-state index contributed by atoms with van der Waals surface area (Å²) in [7, 11) is 0. The minimum atomic E-state index is -0.0272. The first-order valence-corrected chi connectivity index (χ1v) is 4.38. The van der Waals surface area contributed by atoms with Crippen molar-refractivity contribution in [2.45, 2.75) is 13.5 Å². The van der Waals surface area contributed by atoms with Crippen molar-refractivity contribution in [3.05, 3.63) is 34.5 Å². The van der Waals surface area contributed by atoms with E-state index < -0.39 is 0 Å².